The molecule has 0 fully saturated rings. The number of ether oxygens (including phenoxy) is 1. The van der Waals surface area contributed by atoms with Crippen molar-refractivity contribution in [3.63, 3.8) is 0 Å². The second-order valence-electron chi connectivity index (χ2n) is 3.99. The lowest BCUT2D eigenvalue weighted by Gasteiger charge is -2.25. The van der Waals surface area contributed by atoms with Crippen molar-refractivity contribution < 1.29 is 9.53 Å². The summed E-state index contributed by atoms with van der Waals surface area (Å²) in [7, 11) is 0. The second kappa shape index (κ2) is 5.84. The van der Waals surface area contributed by atoms with E-state index in [-0.39, 0.29) is 6.61 Å². The number of nitrogens with zero attached hydrogens (tertiary/aromatic N) is 2. The van der Waals surface area contributed by atoms with Crippen LogP contribution in [0.3, 0.4) is 0 Å². The molecule has 0 radical (unpaired) electrons. The van der Waals surface area contributed by atoms with Crippen molar-refractivity contribution in [2.24, 2.45) is 5.92 Å². The highest BCUT2D eigenvalue weighted by molar-refractivity contribution is 5.78. The standard InChI is InChI=1S/C14H14N2O2/c1-3-18-13(17)12(9-15)14(2,10-16)11-7-5-4-6-8-11/h4-8,12H,3H2,1-2H3. The summed E-state index contributed by atoms with van der Waals surface area (Å²) < 4.78 is 4.85. The predicted octanol–water partition coefficient (Wildman–Crippen LogP) is 2.17. The van der Waals surface area contributed by atoms with E-state index in [1.807, 2.05) is 12.1 Å². The van der Waals surface area contributed by atoms with Crippen molar-refractivity contribution in [3.8, 4) is 12.1 Å². The van der Waals surface area contributed by atoms with E-state index in [1.165, 1.54) is 0 Å². The Balaban J connectivity index is 3.20. The molecular weight excluding hydrogens is 228 g/mol. The van der Waals surface area contributed by atoms with Crippen LogP contribution >= 0.6 is 0 Å². The average molecular weight is 242 g/mol. The van der Waals surface area contributed by atoms with Gasteiger partial charge in [0.1, 0.15) is 5.41 Å². The predicted molar refractivity (Wildman–Crippen MR) is 65.1 cm³/mol. The fraction of sp³-hybridized carbons (Fsp3) is 0.357. The van der Waals surface area contributed by atoms with Crippen LogP contribution in [0.4, 0.5) is 0 Å². The third-order valence-electron chi connectivity index (χ3n) is 2.83. The van der Waals surface area contributed by atoms with E-state index < -0.39 is 17.3 Å². The van der Waals surface area contributed by atoms with Gasteiger partial charge in [-0.3, -0.25) is 4.79 Å². The minimum Gasteiger partial charge on any atom is -0.465 e. The Kier molecular flexibility index (Phi) is 4.45. The van der Waals surface area contributed by atoms with Gasteiger partial charge in [-0.1, -0.05) is 30.3 Å². The zero-order valence-electron chi connectivity index (χ0n) is 10.4. The summed E-state index contributed by atoms with van der Waals surface area (Å²) in [5.74, 6) is -1.79. The molecule has 0 heterocycles. The molecule has 0 amide bonds. The maximum atomic E-state index is 11.8. The van der Waals surface area contributed by atoms with Crippen molar-refractivity contribution in [3.05, 3.63) is 35.9 Å². The fourth-order valence-corrected chi connectivity index (χ4v) is 1.72. The Hall–Kier alpha value is -2.33. The molecule has 0 aromatic heterocycles. The van der Waals surface area contributed by atoms with Crippen LogP contribution < -0.4 is 0 Å². The highest BCUT2D eigenvalue weighted by atomic mass is 16.5. The molecular formula is C14H14N2O2. The van der Waals surface area contributed by atoms with Gasteiger partial charge >= 0.3 is 5.97 Å². The van der Waals surface area contributed by atoms with Gasteiger partial charge in [0.25, 0.3) is 0 Å². The van der Waals surface area contributed by atoms with Crippen LogP contribution in [0.25, 0.3) is 0 Å². The Bertz CT molecular complexity index is 499. The Morgan fingerprint density at radius 3 is 2.44 bits per heavy atom. The molecule has 0 aliphatic rings. The molecule has 4 heteroatoms. The first-order chi connectivity index (χ1) is 8.60. The van der Waals surface area contributed by atoms with Gasteiger partial charge in [0.15, 0.2) is 5.92 Å². The van der Waals surface area contributed by atoms with Crippen molar-refractivity contribution in [1.82, 2.24) is 0 Å². The van der Waals surface area contributed by atoms with Crippen molar-refractivity contribution in [2.75, 3.05) is 6.61 Å². The van der Waals surface area contributed by atoms with E-state index in [0.717, 1.165) is 0 Å². The second-order valence-corrected chi connectivity index (χ2v) is 3.99. The molecule has 0 aliphatic heterocycles. The lowest BCUT2D eigenvalue weighted by atomic mass is 9.73. The van der Waals surface area contributed by atoms with Crippen LogP contribution in [0, 0.1) is 28.6 Å². The Labute approximate surface area is 106 Å². The van der Waals surface area contributed by atoms with Crippen LogP contribution in [-0.4, -0.2) is 12.6 Å². The first-order valence-corrected chi connectivity index (χ1v) is 5.63. The molecule has 0 saturated heterocycles. The number of carbonyl (C=O) groups is 1. The van der Waals surface area contributed by atoms with Gasteiger partial charge < -0.3 is 4.74 Å². The van der Waals surface area contributed by atoms with Crippen molar-refractivity contribution >= 4 is 5.97 Å². The van der Waals surface area contributed by atoms with Crippen LogP contribution in [0.15, 0.2) is 30.3 Å². The summed E-state index contributed by atoms with van der Waals surface area (Å²) in [6.07, 6.45) is 0. The molecule has 0 bridgehead atoms. The highest BCUT2D eigenvalue weighted by Gasteiger charge is 2.42. The number of nitriles is 2. The van der Waals surface area contributed by atoms with Crippen LogP contribution in [-0.2, 0) is 14.9 Å². The van der Waals surface area contributed by atoms with E-state index in [9.17, 15) is 10.1 Å². The molecule has 4 nitrogen and oxygen atoms in total. The zero-order chi connectivity index (χ0) is 13.6. The lowest BCUT2D eigenvalue weighted by molar-refractivity contribution is -0.147. The Morgan fingerprint density at radius 2 is 2.00 bits per heavy atom. The van der Waals surface area contributed by atoms with E-state index in [0.29, 0.717) is 5.56 Å². The van der Waals surface area contributed by atoms with Gasteiger partial charge in [0.05, 0.1) is 18.7 Å². The normalized spacial score (nSPS) is 14.7. The number of carbonyl (C=O) groups excluding carboxylic acids is 1. The Morgan fingerprint density at radius 1 is 1.39 bits per heavy atom. The van der Waals surface area contributed by atoms with Gasteiger partial charge in [0.2, 0.25) is 0 Å². The number of esters is 1. The molecule has 2 atom stereocenters. The summed E-state index contributed by atoms with van der Waals surface area (Å²) in [4.78, 5) is 11.8. The smallest absolute Gasteiger partial charge is 0.325 e. The maximum absolute atomic E-state index is 11.8. The maximum Gasteiger partial charge on any atom is 0.325 e. The summed E-state index contributed by atoms with van der Waals surface area (Å²) in [6, 6.07) is 12.7. The van der Waals surface area contributed by atoms with Crippen molar-refractivity contribution in [1.29, 1.82) is 10.5 Å². The molecule has 92 valence electrons. The largest absolute Gasteiger partial charge is 0.465 e. The minimum atomic E-state index is -1.21. The van der Waals surface area contributed by atoms with E-state index >= 15 is 0 Å². The average Bonchev–Trinajstić information content (AvgIpc) is 2.40. The molecule has 0 spiro atoms. The van der Waals surface area contributed by atoms with Gasteiger partial charge in [0, 0.05) is 0 Å². The summed E-state index contributed by atoms with van der Waals surface area (Å²) in [6.45, 7) is 3.43. The lowest BCUT2D eigenvalue weighted by Crippen LogP contribution is -2.36. The monoisotopic (exact) mass is 242 g/mol. The highest BCUT2D eigenvalue weighted by Crippen LogP contribution is 2.32. The molecule has 0 aliphatic carbocycles. The molecule has 1 aromatic rings. The molecule has 1 aromatic carbocycles. The summed E-state index contributed by atoms with van der Waals surface area (Å²) >= 11 is 0. The third kappa shape index (κ3) is 2.49. The molecule has 1 rings (SSSR count). The van der Waals surface area contributed by atoms with Crippen LogP contribution in [0.1, 0.15) is 19.4 Å². The third-order valence-corrected chi connectivity index (χ3v) is 2.83. The number of hydrogen-bond acceptors (Lipinski definition) is 4. The topological polar surface area (TPSA) is 73.9 Å². The SMILES string of the molecule is CCOC(=O)C(C#N)C(C)(C#N)c1ccccc1. The zero-order valence-corrected chi connectivity index (χ0v) is 10.4. The fourth-order valence-electron chi connectivity index (χ4n) is 1.72. The van der Waals surface area contributed by atoms with Gasteiger partial charge in [-0.15, -0.1) is 0 Å². The molecule has 18 heavy (non-hydrogen) atoms. The number of benzene rings is 1. The van der Waals surface area contributed by atoms with E-state index in [2.05, 4.69) is 6.07 Å². The van der Waals surface area contributed by atoms with Crippen LogP contribution in [0.5, 0.6) is 0 Å². The summed E-state index contributed by atoms with van der Waals surface area (Å²) in [5, 5.41) is 18.5. The van der Waals surface area contributed by atoms with Crippen LogP contribution in [0.2, 0.25) is 0 Å². The van der Waals surface area contributed by atoms with Gasteiger partial charge in [-0.2, -0.15) is 10.5 Å². The number of hydrogen-bond donors (Lipinski definition) is 0. The first-order valence-electron chi connectivity index (χ1n) is 5.63. The van der Waals surface area contributed by atoms with Gasteiger partial charge in [-0.05, 0) is 19.4 Å². The minimum absolute atomic E-state index is 0.188. The van der Waals surface area contributed by atoms with E-state index in [1.54, 1.807) is 38.1 Å². The molecule has 0 saturated carbocycles. The molecule has 0 N–H and O–H groups in total. The van der Waals surface area contributed by atoms with Gasteiger partial charge in [-0.25, -0.2) is 0 Å². The quantitative estimate of drug-likeness (QED) is 0.758. The molecule has 2 unspecified atom stereocenters. The number of rotatable bonds is 4. The first kappa shape index (κ1) is 13.7. The van der Waals surface area contributed by atoms with E-state index in [4.69, 9.17) is 10.00 Å². The van der Waals surface area contributed by atoms with Crippen molar-refractivity contribution in [2.45, 2.75) is 19.3 Å². The summed E-state index contributed by atoms with van der Waals surface area (Å²) in [5.41, 5.74) is -0.575.